The van der Waals surface area contributed by atoms with Gasteiger partial charge < -0.3 is 9.67 Å². The summed E-state index contributed by atoms with van der Waals surface area (Å²) in [6.07, 6.45) is 0. The zero-order valence-electron chi connectivity index (χ0n) is 11.3. The SMILES string of the molecule is C=C(Cn1c(CO)cc2ccccc21)c1ccccc1. The Bertz CT molecular complexity index is 740. The molecular formula is C18H17NO. The third kappa shape index (κ3) is 2.26. The minimum Gasteiger partial charge on any atom is -0.390 e. The van der Waals surface area contributed by atoms with Crippen LogP contribution in [0.15, 0.2) is 67.2 Å². The molecule has 0 atom stereocenters. The molecule has 1 heterocycles. The first-order valence-corrected chi connectivity index (χ1v) is 6.71. The van der Waals surface area contributed by atoms with E-state index in [4.69, 9.17) is 0 Å². The van der Waals surface area contributed by atoms with E-state index in [0.29, 0.717) is 6.54 Å². The van der Waals surface area contributed by atoms with Crippen molar-refractivity contribution >= 4 is 16.5 Å². The number of benzene rings is 2. The molecule has 0 bridgehead atoms. The average Bonchev–Trinajstić information content (AvgIpc) is 2.86. The highest BCUT2D eigenvalue weighted by Crippen LogP contribution is 2.23. The molecule has 0 aliphatic rings. The normalized spacial score (nSPS) is 10.8. The molecule has 2 aromatic carbocycles. The van der Waals surface area contributed by atoms with Gasteiger partial charge in [-0.25, -0.2) is 0 Å². The molecule has 0 aliphatic carbocycles. The van der Waals surface area contributed by atoms with E-state index < -0.39 is 0 Å². The van der Waals surface area contributed by atoms with Crippen LogP contribution in [-0.4, -0.2) is 9.67 Å². The van der Waals surface area contributed by atoms with Crippen molar-refractivity contribution in [3.8, 4) is 0 Å². The number of hydrogen-bond acceptors (Lipinski definition) is 1. The second-order valence-corrected chi connectivity index (χ2v) is 4.91. The molecule has 20 heavy (non-hydrogen) atoms. The van der Waals surface area contributed by atoms with Gasteiger partial charge in [0.2, 0.25) is 0 Å². The van der Waals surface area contributed by atoms with Crippen LogP contribution in [0.5, 0.6) is 0 Å². The minimum atomic E-state index is 0.0384. The van der Waals surface area contributed by atoms with Crippen molar-refractivity contribution in [3.05, 3.63) is 78.5 Å². The van der Waals surface area contributed by atoms with E-state index in [1.807, 2.05) is 36.4 Å². The number of para-hydroxylation sites is 1. The molecule has 3 rings (SSSR count). The van der Waals surface area contributed by atoms with Gasteiger partial charge in [0, 0.05) is 17.8 Å². The van der Waals surface area contributed by atoms with Gasteiger partial charge in [-0.1, -0.05) is 55.1 Å². The van der Waals surface area contributed by atoms with Gasteiger partial charge in [-0.3, -0.25) is 0 Å². The van der Waals surface area contributed by atoms with Gasteiger partial charge in [-0.2, -0.15) is 0 Å². The molecule has 0 saturated carbocycles. The Morgan fingerprint density at radius 2 is 1.70 bits per heavy atom. The third-order valence-corrected chi connectivity index (χ3v) is 3.59. The van der Waals surface area contributed by atoms with E-state index in [1.54, 1.807) is 0 Å². The number of rotatable bonds is 4. The summed E-state index contributed by atoms with van der Waals surface area (Å²) >= 11 is 0. The number of aliphatic hydroxyl groups excluding tert-OH is 1. The molecule has 0 saturated heterocycles. The number of nitrogens with zero attached hydrogens (tertiary/aromatic N) is 1. The lowest BCUT2D eigenvalue weighted by Crippen LogP contribution is -2.04. The van der Waals surface area contributed by atoms with Gasteiger partial charge in [-0.15, -0.1) is 0 Å². The van der Waals surface area contributed by atoms with E-state index in [0.717, 1.165) is 27.7 Å². The van der Waals surface area contributed by atoms with Crippen LogP contribution in [0.2, 0.25) is 0 Å². The zero-order chi connectivity index (χ0) is 13.9. The van der Waals surface area contributed by atoms with Gasteiger partial charge in [-0.05, 0) is 28.7 Å². The van der Waals surface area contributed by atoms with Crippen molar-refractivity contribution in [2.45, 2.75) is 13.2 Å². The summed E-state index contributed by atoms with van der Waals surface area (Å²) in [4.78, 5) is 0. The van der Waals surface area contributed by atoms with Crippen LogP contribution >= 0.6 is 0 Å². The fourth-order valence-corrected chi connectivity index (χ4v) is 2.54. The summed E-state index contributed by atoms with van der Waals surface area (Å²) in [7, 11) is 0. The quantitative estimate of drug-likeness (QED) is 0.760. The second-order valence-electron chi connectivity index (χ2n) is 4.91. The van der Waals surface area contributed by atoms with Crippen LogP contribution in [0.1, 0.15) is 11.3 Å². The highest BCUT2D eigenvalue weighted by atomic mass is 16.3. The highest BCUT2D eigenvalue weighted by Gasteiger charge is 2.09. The standard InChI is InChI=1S/C18H17NO/c1-14(15-7-3-2-4-8-15)12-19-17(13-20)11-16-9-5-6-10-18(16)19/h2-11,20H,1,12-13H2. The second kappa shape index (κ2) is 5.35. The molecule has 0 unspecified atom stereocenters. The Hall–Kier alpha value is -2.32. The smallest absolute Gasteiger partial charge is 0.0833 e. The summed E-state index contributed by atoms with van der Waals surface area (Å²) in [6.45, 7) is 4.91. The van der Waals surface area contributed by atoms with E-state index >= 15 is 0 Å². The van der Waals surface area contributed by atoms with Crippen LogP contribution in [0, 0.1) is 0 Å². The van der Waals surface area contributed by atoms with E-state index in [2.05, 4.69) is 35.4 Å². The summed E-state index contributed by atoms with van der Waals surface area (Å²) in [5.74, 6) is 0. The monoisotopic (exact) mass is 263 g/mol. The average molecular weight is 263 g/mol. The maximum atomic E-state index is 9.55. The summed E-state index contributed by atoms with van der Waals surface area (Å²) in [5.41, 5.74) is 4.23. The maximum absolute atomic E-state index is 9.55. The molecule has 0 aliphatic heterocycles. The molecule has 1 N–H and O–H groups in total. The molecule has 1 aromatic heterocycles. The van der Waals surface area contributed by atoms with Gasteiger partial charge in [0.25, 0.3) is 0 Å². The fraction of sp³-hybridized carbons (Fsp3) is 0.111. The lowest BCUT2D eigenvalue weighted by molar-refractivity contribution is 0.272. The first kappa shape index (κ1) is 12.7. The zero-order valence-corrected chi connectivity index (χ0v) is 11.3. The molecule has 100 valence electrons. The van der Waals surface area contributed by atoms with Gasteiger partial charge in [0.1, 0.15) is 0 Å². The van der Waals surface area contributed by atoms with Crippen molar-refractivity contribution < 1.29 is 5.11 Å². The van der Waals surface area contributed by atoms with Crippen LogP contribution in [0.3, 0.4) is 0 Å². The van der Waals surface area contributed by atoms with E-state index in [9.17, 15) is 5.11 Å². The lowest BCUT2D eigenvalue weighted by atomic mass is 10.1. The third-order valence-electron chi connectivity index (χ3n) is 3.59. The number of hydrogen-bond donors (Lipinski definition) is 1. The predicted octanol–water partition coefficient (Wildman–Crippen LogP) is 3.85. The Labute approximate surface area is 118 Å². The molecule has 0 radical (unpaired) electrons. The fourth-order valence-electron chi connectivity index (χ4n) is 2.54. The maximum Gasteiger partial charge on any atom is 0.0833 e. The molecule has 0 spiro atoms. The van der Waals surface area contributed by atoms with Crippen LogP contribution in [-0.2, 0) is 13.2 Å². The van der Waals surface area contributed by atoms with Gasteiger partial charge >= 0.3 is 0 Å². The van der Waals surface area contributed by atoms with E-state index in [-0.39, 0.29) is 6.61 Å². The van der Waals surface area contributed by atoms with Gasteiger partial charge in [0.05, 0.1) is 6.61 Å². The molecule has 2 heteroatoms. The minimum absolute atomic E-state index is 0.0384. The lowest BCUT2D eigenvalue weighted by Gasteiger charge is -2.12. The van der Waals surface area contributed by atoms with Crippen LogP contribution < -0.4 is 0 Å². The summed E-state index contributed by atoms with van der Waals surface area (Å²) in [6, 6.07) is 20.4. The number of aliphatic hydroxyl groups is 1. The largest absolute Gasteiger partial charge is 0.390 e. The molecule has 0 fully saturated rings. The molecule has 2 nitrogen and oxygen atoms in total. The predicted molar refractivity (Wildman–Crippen MR) is 83.3 cm³/mol. The van der Waals surface area contributed by atoms with Crippen LogP contribution in [0.4, 0.5) is 0 Å². The van der Waals surface area contributed by atoms with Crippen molar-refractivity contribution in [1.29, 1.82) is 0 Å². The molecular weight excluding hydrogens is 246 g/mol. The topological polar surface area (TPSA) is 25.2 Å². The van der Waals surface area contributed by atoms with Crippen molar-refractivity contribution in [1.82, 2.24) is 4.57 Å². The Kier molecular flexibility index (Phi) is 3.40. The van der Waals surface area contributed by atoms with Gasteiger partial charge in [0.15, 0.2) is 0 Å². The van der Waals surface area contributed by atoms with Crippen molar-refractivity contribution in [2.75, 3.05) is 0 Å². The summed E-state index contributed by atoms with van der Waals surface area (Å²) < 4.78 is 2.13. The highest BCUT2D eigenvalue weighted by molar-refractivity contribution is 5.82. The molecule has 3 aromatic rings. The number of aromatic nitrogens is 1. The first-order chi connectivity index (χ1) is 9.79. The number of fused-ring (bicyclic) bond motifs is 1. The Morgan fingerprint density at radius 3 is 2.45 bits per heavy atom. The Balaban J connectivity index is 2.00. The van der Waals surface area contributed by atoms with Crippen molar-refractivity contribution in [3.63, 3.8) is 0 Å². The molecule has 0 amide bonds. The first-order valence-electron chi connectivity index (χ1n) is 6.71. The number of allylic oxidation sites excluding steroid dienone is 1. The van der Waals surface area contributed by atoms with Crippen LogP contribution in [0.25, 0.3) is 16.5 Å². The van der Waals surface area contributed by atoms with Crippen molar-refractivity contribution in [2.24, 2.45) is 0 Å². The Morgan fingerprint density at radius 1 is 1.00 bits per heavy atom. The van der Waals surface area contributed by atoms with E-state index in [1.165, 1.54) is 0 Å². The summed E-state index contributed by atoms with van der Waals surface area (Å²) in [5, 5.41) is 10.7.